The van der Waals surface area contributed by atoms with Crippen LogP contribution >= 0.6 is 0 Å². The number of allylic oxidation sites excluding steroid dienone is 1. The van der Waals surface area contributed by atoms with Gasteiger partial charge in [0.2, 0.25) is 0 Å². The molecule has 2 aromatic carbocycles. The molecule has 0 N–H and O–H groups in total. The minimum absolute atomic E-state index is 0.0476. The Morgan fingerprint density at radius 2 is 1.57 bits per heavy atom. The fourth-order valence-electron chi connectivity index (χ4n) is 4.36. The van der Waals surface area contributed by atoms with Crippen molar-refractivity contribution in [2.75, 3.05) is 5.75 Å². The van der Waals surface area contributed by atoms with Crippen molar-refractivity contribution >= 4 is 21.7 Å². The lowest BCUT2D eigenvalue weighted by Gasteiger charge is -2.22. The van der Waals surface area contributed by atoms with Crippen molar-refractivity contribution in [1.29, 1.82) is 0 Å². The van der Waals surface area contributed by atoms with Crippen LogP contribution in [0.3, 0.4) is 0 Å². The van der Waals surface area contributed by atoms with E-state index in [0.29, 0.717) is 10.5 Å². The summed E-state index contributed by atoms with van der Waals surface area (Å²) in [5.74, 6) is 0.0279. The van der Waals surface area contributed by atoms with E-state index in [4.69, 9.17) is 0 Å². The molecule has 148 valence electrons. The first kappa shape index (κ1) is 20.5. The van der Waals surface area contributed by atoms with Crippen LogP contribution < -0.4 is 0 Å². The maximum atomic E-state index is 12.7. The van der Waals surface area contributed by atoms with Gasteiger partial charge in [-0.05, 0) is 58.2 Å². The van der Waals surface area contributed by atoms with E-state index in [2.05, 4.69) is 33.8 Å². The van der Waals surface area contributed by atoms with Crippen LogP contribution in [0, 0.1) is 0 Å². The predicted octanol–water partition coefficient (Wildman–Crippen LogP) is 5.34. The van der Waals surface area contributed by atoms with E-state index in [1.807, 2.05) is 12.1 Å². The Morgan fingerprint density at radius 3 is 2.18 bits per heavy atom. The molecular weight excluding hydrogens is 368 g/mol. The fraction of sp³-hybridized carbons (Fsp3) is 0.375. The minimum atomic E-state index is -3.21. The van der Waals surface area contributed by atoms with E-state index in [-0.39, 0.29) is 22.4 Å². The number of rotatable bonds is 5. The van der Waals surface area contributed by atoms with Crippen LogP contribution in [0.5, 0.6) is 0 Å². The molecule has 0 amide bonds. The van der Waals surface area contributed by atoms with Gasteiger partial charge in [0.15, 0.2) is 15.6 Å². The smallest absolute Gasteiger partial charge is 0.185 e. The Balaban J connectivity index is 1.83. The maximum Gasteiger partial charge on any atom is 0.185 e. The Bertz CT molecular complexity index is 1040. The average molecular weight is 397 g/mol. The van der Waals surface area contributed by atoms with E-state index in [1.165, 1.54) is 11.1 Å². The standard InChI is InChI=1S/C24H28O3S/c1-6-28(26,27)19-11-7-17(8-12-19)9-14-22(25)18-10-13-20-21(15-18)24(4,5)16-23(20,2)3/h7-15H,6,16H2,1-5H3/b14-9+. The summed E-state index contributed by atoms with van der Waals surface area (Å²) >= 11 is 0. The first-order chi connectivity index (χ1) is 13.0. The Hall–Kier alpha value is -2.20. The highest BCUT2D eigenvalue weighted by molar-refractivity contribution is 7.91. The molecule has 3 nitrogen and oxygen atoms in total. The second kappa shape index (κ2) is 7.00. The molecule has 1 aliphatic rings. The highest BCUT2D eigenvalue weighted by atomic mass is 32.2. The summed E-state index contributed by atoms with van der Waals surface area (Å²) in [7, 11) is -3.21. The van der Waals surface area contributed by atoms with Gasteiger partial charge in [-0.2, -0.15) is 0 Å². The number of ketones is 1. The summed E-state index contributed by atoms with van der Waals surface area (Å²) in [6.07, 6.45) is 4.35. The molecule has 1 aliphatic carbocycles. The zero-order valence-electron chi connectivity index (χ0n) is 17.2. The highest BCUT2D eigenvalue weighted by Gasteiger charge is 2.41. The molecule has 28 heavy (non-hydrogen) atoms. The van der Waals surface area contributed by atoms with Crippen molar-refractivity contribution in [3.05, 3.63) is 70.8 Å². The topological polar surface area (TPSA) is 51.2 Å². The molecule has 0 bridgehead atoms. The molecule has 0 fully saturated rings. The number of fused-ring (bicyclic) bond motifs is 1. The summed E-state index contributed by atoms with van der Waals surface area (Å²) in [6.45, 7) is 10.6. The molecule has 0 aromatic heterocycles. The molecule has 0 unspecified atom stereocenters. The molecule has 0 atom stereocenters. The second-order valence-corrected chi connectivity index (χ2v) is 11.2. The molecule has 0 spiro atoms. The third-order valence-electron chi connectivity index (χ3n) is 5.69. The first-order valence-electron chi connectivity index (χ1n) is 9.66. The van der Waals surface area contributed by atoms with Gasteiger partial charge in [-0.15, -0.1) is 0 Å². The molecule has 3 rings (SSSR count). The number of hydrogen-bond acceptors (Lipinski definition) is 3. The number of carbonyl (C=O) groups is 1. The average Bonchev–Trinajstić information content (AvgIpc) is 2.83. The predicted molar refractivity (Wildman–Crippen MR) is 115 cm³/mol. The number of benzene rings is 2. The van der Waals surface area contributed by atoms with Gasteiger partial charge in [-0.1, -0.05) is 65.0 Å². The number of hydrogen-bond donors (Lipinski definition) is 0. The monoisotopic (exact) mass is 396 g/mol. The summed E-state index contributed by atoms with van der Waals surface area (Å²) in [4.78, 5) is 13.0. The normalized spacial score (nSPS) is 17.6. The van der Waals surface area contributed by atoms with Crippen LogP contribution in [0.1, 0.15) is 68.1 Å². The molecule has 0 saturated carbocycles. The number of carbonyl (C=O) groups excluding carboxylic acids is 1. The third-order valence-corrected chi connectivity index (χ3v) is 7.44. The van der Waals surface area contributed by atoms with E-state index < -0.39 is 9.84 Å². The summed E-state index contributed by atoms with van der Waals surface area (Å²) in [6, 6.07) is 12.7. The van der Waals surface area contributed by atoms with Gasteiger partial charge < -0.3 is 0 Å². The summed E-state index contributed by atoms with van der Waals surface area (Å²) < 4.78 is 23.8. The molecule has 0 heterocycles. The summed E-state index contributed by atoms with van der Waals surface area (Å²) in [5.41, 5.74) is 4.24. The summed E-state index contributed by atoms with van der Waals surface area (Å²) in [5, 5.41) is 0. The van der Waals surface area contributed by atoms with Crippen molar-refractivity contribution in [2.24, 2.45) is 0 Å². The highest BCUT2D eigenvalue weighted by Crippen LogP contribution is 2.49. The first-order valence-corrected chi connectivity index (χ1v) is 11.3. The van der Waals surface area contributed by atoms with Crippen LogP contribution in [0.15, 0.2) is 53.4 Å². The molecule has 0 saturated heterocycles. The Morgan fingerprint density at radius 1 is 0.964 bits per heavy atom. The lowest BCUT2D eigenvalue weighted by Crippen LogP contribution is -2.18. The van der Waals surface area contributed by atoms with Crippen LogP contribution in [-0.2, 0) is 20.7 Å². The molecular formula is C24H28O3S. The van der Waals surface area contributed by atoms with Crippen LogP contribution in [0.25, 0.3) is 6.08 Å². The molecule has 2 aromatic rings. The maximum absolute atomic E-state index is 12.7. The van der Waals surface area contributed by atoms with Crippen LogP contribution in [0.4, 0.5) is 0 Å². The van der Waals surface area contributed by atoms with Gasteiger partial charge in [-0.3, -0.25) is 4.79 Å². The van der Waals surface area contributed by atoms with Gasteiger partial charge in [0.1, 0.15) is 0 Å². The van der Waals surface area contributed by atoms with Crippen LogP contribution in [-0.4, -0.2) is 20.0 Å². The lowest BCUT2D eigenvalue weighted by atomic mass is 9.82. The largest absolute Gasteiger partial charge is 0.289 e. The molecule has 0 aliphatic heterocycles. The van der Waals surface area contributed by atoms with E-state index in [9.17, 15) is 13.2 Å². The Labute approximate surface area is 168 Å². The van der Waals surface area contributed by atoms with E-state index in [1.54, 1.807) is 43.3 Å². The van der Waals surface area contributed by atoms with Gasteiger partial charge in [-0.25, -0.2) is 8.42 Å². The van der Waals surface area contributed by atoms with Gasteiger partial charge in [0.25, 0.3) is 0 Å². The minimum Gasteiger partial charge on any atom is -0.289 e. The van der Waals surface area contributed by atoms with Crippen molar-refractivity contribution in [3.8, 4) is 0 Å². The van der Waals surface area contributed by atoms with Gasteiger partial charge in [0, 0.05) is 5.56 Å². The lowest BCUT2D eigenvalue weighted by molar-refractivity contribution is 0.104. The van der Waals surface area contributed by atoms with Crippen molar-refractivity contribution in [2.45, 2.75) is 56.8 Å². The molecule has 4 heteroatoms. The van der Waals surface area contributed by atoms with Gasteiger partial charge >= 0.3 is 0 Å². The third kappa shape index (κ3) is 3.83. The zero-order chi connectivity index (χ0) is 20.7. The van der Waals surface area contributed by atoms with Crippen molar-refractivity contribution in [3.63, 3.8) is 0 Å². The van der Waals surface area contributed by atoms with E-state index in [0.717, 1.165) is 12.0 Å². The van der Waals surface area contributed by atoms with Crippen LogP contribution in [0.2, 0.25) is 0 Å². The number of sulfone groups is 1. The van der Waals surface area contributed by atoms with Crippen molar-refractivity contribution in [1.82, 2.24) is 0 Å². The molecule has 0 radical (unpaired) electrons. The van der Waals surface area contributed by atoms with Crippen molar-refractivity contribution < 1.29 is 13.2 Å². The second-order valence-electron chi connectivity index (χ2n) is 8.87. The van der Waals surface area contributed by atoms with Gasteiger partial charge in [0.05, 0.1) is 10.6 Å². The van der Waals surface area contributed by atoms with E-state index >= 15 is 0 Å². The fourth-order valence-corrected chi connectivity index (χ4v) is 5.25. The zero-order valence-corrected chi connectivity index (χ0v) is 18.1. The quantitative estimate of drug-likeness (QED) is 0.507. The Kier molecular flexibility index (Phi) is 5.13. The SMILES string of the molecule is CCS(=O)(=O)c1ccc(/C=C/C(=O)c2ccc3c(c2)C(C)(C)CC3(C)C)cc1.